The number of nitrogens with zero attached hydrogens (tertiary/aromatic N) is 2. The SMILES string of the molecule is C=N/C(=C(\N=CC)C(C)(C)C)C(C)C. The van der Waals surface area contributed by atoms with E-state index in [4.69, 9.17) is 0 Å². The average molecular weight is 194 g/mol. The second kappa shape index (κ2) is 5.08. The molecule has 0 saturated heterocycles. The van der Waals surface area contributed by atoms with Gasteiger partial charge in [-0.2, -0.15) is 0 Å². The van der Waals surface area contributed by atoms with Gasteiger partial charge >= 0.3 is 0 Å². The summed E-state index contributed by atoms with van der Waals surface area (Å²) in [4.78, 5) is 8.50. The van der Waals surface area contributed by atoms with E-state index in [0.29, 0.717) is 5.92 Å². The smallest absolute Gasteiger partial charge is 0.0669 e. The van der Waals surface area contributed by atoms with Crippen LogP contribution in [0.1, 0.15) is 41.5 Å². The summed E-state index contributed by atoms with van der Waals surface area (Å²) in [6, 6.07) is 0. The zero-order chi connectivity index (χ0) is 11.4. The topological polar surface area (TPSA) is 24.7 Å². The summed E-state index contributed by atoms with van der Waals surface area (Å²) in [5, 5.41) is 0. The lowest BCUT2D eigenvalue weighted by Gasteiger charge is -2.23. The second-order valence-corrected chi connectivity index (χ2v) is 4.68. The normalized spacial score (nSPS) is 14.8. The molecule has 0 saturated carbocycles. The molecule has 0 aliphatic carbocycles. The van der Waals surface area contributed by atoms with E-state index < -0.39 is 0 Å². The van der Waals surface area contributed by atoms with Crippen molar-refractivity contribution >= 4 is 12.9 Å². The third-order valence-electron chi connectivity index (χ3n) is 1.93. The highest BCUT2D eigenvalue weighted by molar-refractivity contribution is 5.56. The van der Waals surface area contributed by atoms with Crippen LogP contribution in [-0.2, 0) is 0 Å². The highest BCUT2D eigenvalue weighted by Crippen LogP contribution is 2.32. The summed E-state index contributed by atoms with van der Waals surface area (Å²) in [6.45, 7) is 16.2. The Bertz CT molecular complexity index is 252. The van der Waals surface area contributed by atoms with Gasteiger partial charge in [-0.1, -0.05) is 34.6 Å². The maximum absolute atomic E-state index is 4.41. The van der Waals surface area contributed by atoms with Gasteiger partial charge in [-0.15, -0.1) is 0 Å². The van der Waals surface area contributed by atoms with Gasteiger partial charge in [-0.25, -0.2) is 0 Å². The van der Waals surface area contributed by atoms with Gasteiger partial charge in [0.1, 0.15) is 0 Å². The third kappa shape index (κ3) is 3.44. The molecule has 0 unspecified atom stereocenters. The van der Waals surface area contributed by atoms with Crippen molar-refractivity contribution < 1.29 is 0 Å². The van der Waals surface area contributed by atoms with Crippen LogP contribution in [-0.4, -0.2) is 12.9 Å². The molecule has 0 aliphatic heterocycles. The van der Waals surface area contributed by atoms with E-state index in [1.165, 1.54) is 0 Å². The fourth-order valence-corrected chi connectivity index (χ4v) is 1.30. The van der Waals surface area contributed by atoms with Crippen molar-refractivity contribution in [2.75, 3.05) is 0 Å². The number of rotatable bonds is 3. The molecule has 0 amide bonds. The Kier molecular flexibility index (Phi) is 4.75. The Morgan fingerprint density at radius 2 is 1.79 bits per heavy atom. The van der Waals surface area contributed by atoms with Gasteiger partial charge in [0.15, 0.2) is 0 Å². The molecule has 14 heavy (non-hydrogen) atoms. The molecule has 0 spiro atoms. The van der Waals surface area contributed by atoms with Crippen LogP contribution in [0.4, 0.5) is 0 Å². The fraction of sp³-hybridized carbons (Fsp3) is 0.667. The third-order valence-corrected chi connectivity index (χ3v) is 1.93. The molecule has 0 aromatic carbocycles. The lowest BCUT2D eigenvalue weighted by atomic mass is 9.88. The van der Waals surface area contributed by atoms with Crippen LogP contribution in [0, 0.1) is 11.3 Å². The van der Waals surface area contributed by atoms with E-state index in [-0.39, 0.29) is 5.41 Å². The van der Waals surface area contributed by atoms with Crippen molar-refractivity contribution in [1.29, 1.82) is 0 Å². The van der Waals surface area contributed by atoms with Crippen LogP contribution in [0.5, 0.6) is 0 Å². The molecular weight excluding hydrogens is 172 g/mol. The van der Waals surface area contributed by atoms with E-state index in [1.807, 2.05) is 13.1 Å². The number of hydrogen-bond donors (Lipinski definition) is 0. The highest BCUT2D eigenvalue weighted by atomic mass is 14.8. The van der Waals surface area contributed by atoms with Crippen molar-refractivity contribution in [3.8, 4) is 0 Å². The number of hydrogen-bond acceptors (Lipinski definition) is 2. The summed E-state index contributed by atoms with van der Waals surface area (Å²) < 4.78 is 0. The van der Waals surface area contributed by atoms with Crippen molar-refractivity contribution in [2.45, 2.75) is 41.5 Å². The molecule has 0 N–H and O–H groups in total. The highest BCUT2D eigenvalue weighted by Gasteiger charge is 2.21. The Labute approximate surface area is 87.9 Å². The fourth-order valence-electron chi connectivity index (χ4n) is 1.30. The molecule has 0 aromatic heterocycles. The van der Waals surface area contributed by atoms with Crippen molar-refractivity contribution in [3.05, 3.63) is 11.4 Å². The average Bonchev–Trinajstić information content (AvgIpc) is 2.02. The predicted octanol–water partition coefficient (Wildman–Crippen LogP) is 3.69. The molecule has 0 fully saturated rings. The first-order valence-electron chi connectivity index (χ1n) is 5.04. The maximum Gasteiger partial charge on any atom is 0.0669 e. The van der Waals surface area contributed by atoms with Gasteiger partial charge in [0, 0.05) is 11.6 Å². The molecule has 0 rings (SSSR count). The minimum absolute atomic E-state index is 0.0211. The van der Waals surface area contributed by atoms with Crippen LogP contribution in [0.25, 0.3) is 0 Å². The minimum atomic E-state index is 0.0211. The maximum atomic E-state index is 4.41. The van der Waals surface area contributed by atoms with Gasteiger partial charge in [0.05, 0.1) is 11.4 Å². The Morgan fingerprint density at radius 1 is 1.29 bits per heavy atom. The lowest BCUT2D eigenvalue weighted by molar-refractivity contribution is 0.483. The van der Waals surface area contributed by atoms with E-state index in [0.717, 1.165) is 11.4 Å². The van der Waals surface area contributed by atoms with Gasteiger partial charge in [0.2, 0.25) is 0 Å². The summed E-state index contributed by atoms with van der Waals surface area (Å²) >= 11 is 0. The van der Waals surface area contributed by atoms with Crippen molar-refractivity contribution in [3.63, 3.8) is 0 Å². The van der Waals surface area contributed by atoms with E-state index in [2.05, 4.69) is 51.3 Å². The first-order valence-corrected chi connectivity index (χ1v) is 5.04. The van der Waals surface area contributed by atoms with Gasteiger partial charge in [0.25, 0.3) is 0 Å². The van der Waals surface area contributed by atoms with Crippen LogP contribution >= 0.6 is 0 Å². The van der Waals surface area contributed by atoms with Crippen LogP contribution in [0.3, 0.4) is 0 Å². The van der Waals surface area contributed by atoms with Gasteiger partial charge in [-0.05, 0) is 19.6 Å². The first-order chi connectivity index (χ1) is 6.34. The second-order valence-electron chi connectivity index (χ2n) is 4.68. The molecule has 0 aliphatic rings. The van der Waals surface area contributed by atoms with Crippen molar-refractivity contribution in [2.24, 2.45) is 21.3 Å². The molecule has 0 aromatic rings. The summed E-state index contributed by atoms with van der Waals surface area (Å²) in [6.07, 6.45) is 1.81. The Hall–Kier alpha value is -0.920. The molecule has 2 heteroatoms. The van der Waals surface area contributed by atoms with E-state index in [1.54, 1.807) is 0 Å². The molecule has 0 bridgehead atoms. The minimum Gasteiger partial charge on any atom is -0.267 e. The summed E-state index contributed by atoms with van der Waals surface area (Å²) in [5.41, 5.74) is 2.05. The Morgan fingerprint density at radius 3 is 2.00 bits per heavy atom. The molecule has 2 nitrogen and oxygen atoms in total. The Balaban J connectivity index is 5.44. The van der Waals surface area contributed by atoms with Crippen molar-refractivity contribution in [1.82, 2.24) is 0 Å². The van der Waals surface area contributed by atoms with Gasteiger partial charge in [-0.3, -0.25) is 9.98 Å². The van der Waals surface area contributed by atoms with Crippen LogP contribution < -0.4 is 0 Å². The molecule has 0 atom stereocenters. The zero-order valence-electron chi connectivity index (χ0n) is 10.3. The van der Waals surface area contributed by atoms with E-state index in [9.17, 15) is 0 Å². The van der Waals surface area contributed by atoms with Gasteiger partial charge < -0.3 is 0 Å². The standard InChI is InChI=1S/C12H22N2/c1-8-14-11(12(4,5)6)10(13-7)9(2)3/h8-9H,7H2,1-6H3/b11-10-,14-8?. The molecule has 80 valence electrons. The van der Waals surface area contributed by atoms with Crippen LogP contribution in [0.15, 0.2) is 21.4 Å². The quantitative estimate of drug-likeness (QED) is 0.612. The monoisotopic (exact) mass is 194 g/mol. The largest absolute Gasteiger partial charge is 0.267 e. The van der Waals surface area contributed by atoms with E-state index >= 15 is 0 Å². The summed E-state index contributed by atoms with van der Waals surface area (Å²) in [7, 11) is 0. The zero-order valence-corrected chi connectivity index (χ0v) is 10.3. The number of aliphatic imine (C=N–C) groups is 2. The molecular formula is C12H22N2. The molecule has 0 radical (unpaired) electrons. The number of allylic oxidation sites excluding steroid dienone is 2. The first kappa shape index (κ1) is 13.1. The molecule has 0 heterocycles. The predicted molar refractivity (Wildman–Crippen MR) is 65.0 cm³/mol. The van der Waals surface area contributed by atoms with Crippen LogP contribution in [0.2, 0.25) is 0 Å². The lowest BCUT2D eigenvalue weighted by Crippen LogP contribution is -2.12. The summed E-state index contributed by atoms with van der Waals surface area (Å²) in [5.74, 6) is 0.366.